The van der Waals surface area contributed by atoms with Crippen LogP contribution in [0.3, 0.4) is 0 Å². The van der Waals surface area contributed by atoms with Crippen molar-refractivity contribution in [1.29, 1.82) is 0 Å². The summed E-state index contributed by atoms with van der Waals surface area (Å²) in [6.07, 6.45) is 2.31. The van der Waals surface area contributed by atoms with Crippen molar-refractivity contribution in [2.45, 2.75) is 19.4 Å². The van der Waals surface area contributed by atoms with Gasteiger partial charge < -0.3 is 10.4 Å². The first kappa shape index (κ1) is 16.0. The lowest BCUT2D eigenvalue weighted by Gasteiger charge is -2.15. The molecular weight excluding hydrogens is 330 g/mol. The van der Waals surface area contributed by atoms with Crippen molar-refractivity contribution in [3.63, 3.8) is 0 Å². The number of rotatable bonds is 6. The molecule has 4 nitrogen and oxygen atoms in total. The maximum Gasteiger partial charge on any atom is 0.326 e. The van der Waals surface area contributed by atoms with Crippen LogP contribution < -0.4 is 5.32 Å². The number of carbonyl (C=O) groups is 2. The van der Waals surface area contributed by atoms with Crippen molar-refractivity contribution in [3.8, 4) is 0 Å². The van der Waals surface area contributed by atoms with Crippen LogP contribution in [0.1, 0.15) is 22.3 Å². The van der Waals surface area contributed by atoms with E-state index in [9.17, 15) is 9.59 Å². The van der Waals surface area contributed by atoms with E-state index in [-0.39, 0.29) is 5.91 Å². The topological polar surface area (TPSA) is 66.4 Å². The molecule has 0 aromatic heterocycles. The van der Waals surface area contributed by atoms with Crippen molar-refractivity contribution in [2.24, 2.45) is 0 Å². The highest BCUT2D eigenvalue weighted by Gasteiger charge is 2.21. The zero-order valence-corrected chi connectivity index (χ0v) is 13.2. The lowest BCUT2D eigenvalue weighted by molar-refractivity contribution is -0.139. The Kier molecular flexibility index (Phi) is 6.37. The molecule has 0 saturated carbocycles. The molecule has 0 heterocycles. The van der Waals surface area contributed by atoms with Gasteiger partial charge >= 0.3 is 5.97 Å². The van der Waals surface area contributed by atoms with Gasteiger partial charge in [-0.1, -0.05) is 12.1 Å². The van der Waals surface area contributed by atoms with Crippen LogP contribution in [0.2, 0.25) is 0 Å². The van der Waals surface area contributed by atoms with Gasteiger partial charge in [-0.25, -0.2) is 4.79 Å². The smallest absolute Gasteiger partial charge is 0.326 e. The molecule has 0 aliphatic heterocycles. The molecular formula is C13H16BrNO3S. The van der Waals surface area contributed by atoms with Gasteiger partial charge in [0.1, 0.15) is 6.04 Å². The highest BCUT2D eigenvalue weighted by Crippen LogP contribution is 2.21. The van der Waals surface area contributed by atoms with Crippen LogP contribution >= 0.6 is 27.7 Å². The molecule has 0 unspecified atom stereocenters. The molecule has 0 fully saturated rings. The third-order valence-corrected chi connectivity index (χ3v) is 4.35. The van der Waals surface area contributed by atoms with Gasteiger partial charge in [-0.3, -0.25) is 4.79 Å². The van der Waals surface area contributed by atoms with Gasteiger partial charge in [-0.05, 0) is 52.9 Å². The van der Waals surface area contributed by atoms with E-state index in [0.717, 1.165) is 5.56 Å². The number of carboxylic acids is 1. The minimum atomic E-state index is -1.01. The molecule has 0 saturated heterocycles. The molecule has 1 rings (SSSR count). The Morgan fingerprint density at radius 1 is 1.47 bits per heavy atom. The fraction of sp³-hybridized carbons (Fsp3) is 0.385. The largest absolute Gasteiger partial charge is 0.480 e. The number of thioether (sulfide) groups is 1. The van der Waals surface area contributed by atoms with E-state index < -0.39 is 12.0 Å². The van der Waals surface area contributed by atoms with E-state index in [1.54, 1.807) is 23.9 Å². The normalized spacial score (nSPS) is 11.9. The van der Waals surface area contributed by atoms with E-state index in [2.05, 4.69) is 21.2 Å². The SMILES string of the molecule is CSCC[C@@H](NC(=O)c1cccc(C)c1Br)C(=O)O. The summed E-state index contributed by atoms with van der Waals surface area (Å²) in [7, 11) is 0. The molecule has 104 valence electrons. The summed E-state index contributed by atoms with van der Waals surface area (Å²) in [5, 5.41) is 11.6. The summed E-state index contributed by atoms with van der Waals surface area (Å²) in [6, 6.07) is 4.46. The first-order chi connectivity index (χ1) is 8.97. The first-order valence-corrected chi connectivity index (χ1v) is 7.93. The van der Waals surface area contributed by atoms with Gasteiger partial charge in [0, 0.05) is 4.47 Å². The standard InChI is InChI=1S/C13H16BrNO3S/c1-8-4-3-5-9(11(8)14)12(16)15-10(13(17)18)6-7-19-2/h3-5,10H,6-7H2,1-2H3,(H,15,16)(H,17,18)/t10-/m1/s1. The van der Waals surface area contributed by atoms with Crippen molar-refractivity contribution in [2.75, 3.05) is 12.0 Å². The number of halogens is 1. The van der Waals surface area contributed by atoms with Gasteiger partial charge in [0.2, 0.25) is 0 Å². The average Bonchev–Trinajstić information content (AvgIpc) is 2.37. The zero-order chi connectivity index (χ0) is 14.4. The van der Waals surface area contributed by atoms with Crippen LogP contribution in [0.15, 0.2) is 22.7 Å². The molecule has 1 amide bonds. The summed E-state index contributed by atoms with van der Waals surface area (Å²) in [5.74, 6) is -0.693. The minimum Gasteiger partial charge on any atom is -0.480 e. The Bertz CT molecular complexity index is 479. The van der Waals surface area contributed by atoms with Gasteiger partial charge in [0.05, 0.1) is 5.56 Å². The van der Waals surface area contributed by atoms with Crippen LogP contribution in [0.4, 0.5) is 0 Å². The highest BCUT2D eigenvalue weighted by molar-refractivity contribution is 9.10. The minimum absolute atomic E-state index is 0.371. The molecule has 1 atom stereocenters. The van der Waals surface area contributed by atoms with Crippen molar-refractivity contribution in [3.05, 3.63) is 33.8 Å². The van der Waals surface area contributed by atoms with E-state index in [1.165, 1.54) is 0 Å². The predicted octanol–water partition coefficient (Wildman–Crippen LogP) is 2.69. The summed E-state index contributed by atoms with van der Waals surface area (Å²) in [5.41, 5.74) is 1.39. The van der Waals surface area contributed by atoms with E-state index in [4.69, 9.17) is 5.11 Å². The summed E-state index contributed by atoms with van der Waals surface area (Å²) in [4.78, 5) is 23.2. The molecule has 1 aromatic rings. The molecule has 0 bridgehead atoms. The molecule has 2 N–H and O–H groups in total. The van der Waals surface area contributed by atoms with Crippen LogP contribution in [-0.4, -0.2) is 35.0 Å². The second-order valence-electron chi connectivity index (χ2n) is 4.08. The van der Waals surface area contributed by atoms with Crippen LogP contribution in [-0.2, 0) is 4.79 Å². The number of hydrogen-bond acceptors (Lipinski definition) is 3. The van der Waals surface area contributed by atoms with Crippen LogP contribution in [0, 0.1) is 6.92 Å². The van der Waals surface area contributed by atoms with Gasteiger partial charge in [0.25, 0.3) is 5.91 Å². The van der Waals surface area contributed by atoms with Crippen molar-refractivity contribution in [1.82, 2.24) is 5.32 Å². The zero-order valence-electron chi connectivity index (χ0n) is 10.8. The number of aryl methyl sites for hydroxylation is 1. The quantitative estimate of drug-likeness (QED) is 0.831. The summed E-state index contributed by atoms with van der Waals surface area (Å²) < 4.78 is 0.696. The summed E-state index contributed by atoms with van der Waals surface area (Å²) in [6.45, 7) is 1.88. The number of benzene rings is 1. The molecule has 0 aliphatic carbocycles. The maximum absolute atomic E-state index is 12.1. The molecule has 19 heavy (non-hydrogen) atoms. The third-order valence-electron chi connectivity index (χ3n) is 2.65. The van der Waals surface area contributed by atoms with Gasteiger partial charge in [-0.15, -0.1) is 0 Å². The average molecular weight is 346 g/mol. The fourth-order valence-electron chi connectivity index (χ4n) is 1.55. The Balaban J connectivity index is 2.82. The number of aliphatic carboxylic acids is 1. The molecule has 1 aromatic carbocycles. The molecule has 0 spiro atoms. The number of hydrogen-bond donors (Lipinski definition) is 2. The molecule has 6 heteroatoms. The van der Waals surface area contributed by atoms with Gasteiger partial charge in [-0.2, -0.15) is 11.8 Å². The number of nitrogens with one attached hydrogen (secondary N) is 1. The second-order valence-corrected chi connectivity index (χ2v) is 5.86. The lowest BCUT2D eigenvalue weighted by atomic mass is 10.1. The summed E-state index contributed by atoms with van der Waals surface area (Å²) >= 11 is 4.90. The third kappa shape index (κ3) is 4.54. The molecule has 0 radical (unpaired) electrons. The van der Waals surface area contributed by atoms with E-state index in [0.29, 0.717) is 22.2 Å². The maximum atomic E-state index is 12.1. The van der Waals surface area contributed by atoms with Crippen molar-refractivity contribution < 1.29 is 14.7 Å². The Morgan fingerprint density at radius 3 is 2.74 bits per heavy atom. The van der Waals surface area contributed by atoms with Crippen LogP contribution in [0.25, 0.3) is 0 Å². The second kappa shape index (κ2) is 7.55. The van der Waals surface area contributed by atoms with E-state index >= 15 is 0 Å². The van der Waals surface area contributed by atoms with E-state index in [1.807, 2.05) is 19.2 Å². The number of carboxylic acid groups (broad SMARTS) is 1. The fourth-order valence-corrected chi connectivity index (χ4v) is 2.47. The predicted molar refractivity (Wildman–Crippen MR) is 80.8 cm³/mol. The molecule has 0 aliphatic rings. The van der Waals surface area contributed by atoms with Crippen molar-refractivity contribution >= 4 is 39.6 Å². The monoisotopic (exact) mass is 345 g/mol. The lowest BCUT2D eigenvalue weighted by Crippen LogP contribution is -2.41. The Morgan fingerprint density at radius 2 is 2.16 bits per heavy atom. The first-order valence-electron chi connectivity index (χ1n) is 5.75. The highest BCUT2D eigenvalue weighted by atomic mass is 79.9. The van der Waals surface area contributed by atoms with Gasteiger partial charge in [0.15, 0.2) is 0 Å². The Labute approximate surface area is 125 Å². The Hall–Kier alpha value is -1.01. The number of carbonyl (C=O) groups excluding carboxylic acids is 1. The number of amides is 1. The van der Waals surface area contributed by atoms with Crippen LogP contribution in [0.5, 0.6) is 0 Å².